The standard InChI is InChI=1S/C23H24N2O6/c1-24-12-18-19(21(24)31-23(29)22(28)30-18)20(27)13-6-8-25(9-7-13)16-10-14-4-2-3-5-15(14)11-17(16)26/h2-5,12-13,16-17,26H,6-11H2,1H3. The van der Waals surface area contributed by atoms with E-state index in [9.17, 15) is 19.5 Å². The lowest BCUT2D eigenvalue weighted by Crippen LogP contribution is -2.51. The van der Waals surface area contributed by atoms with Crippen molar-refractivity contribution in [1.82, 2.24) is 9.47 Å². The van der Waals surface area contributed by atoms with Crippen LogP contribution in [0, 0.1) is 5.92 Å². The number of carbonyl (C=O) groups is 3. The van der Waals surface area contributed by atoms with Crippen molar-refractivity contribution < 1.29 is 29.0 Å². The highest BCUT2D eigenvalue weighted by molar-refractivity contribution is 6.32. The summed E-state index contributed by atoms with van der Waals surface area (Å²) in [4.78, 5) is 38.9. The van der Waals surface area contributed by atoms with Gasteiger partial charge in [-0.3, -0.25) is 9.69 Å². The zero-order chi connectivity index (χ0) is 21.7. The van der Waals surface area contributed by atoms with Crippen molar-refractivity contribution in [2.24, 2.45) is 13.0 Å². The Balaban J connectivity index is 1.29. The van der Waals surface area contributed by atoms with E-state index in [1.54, 1.807) is 7.05 Å². The van der Waals surface area contributed by atoms with Crippen LogP contribution >= 0.6 is 0 Å². The number of aliphatic hydroxyl groups excluding tert-OH is 1. The van der Waals surface area contributed by atoms with Gasteiger partial charge in [0.2, 0.25) is 5.88 Å². The SMILES string of the molecule is Cn1cc2c(C(=O)C3CCN(C4Cc5ccccc5CC4O)CC3)c1OC(=O)C(=O)O2. The summed E-state index contributed by atoms with van der Waals surface area (Å²) in [5.41, 5.74) is 2.64. The average molecular weight is 424 g/mol. The van der Waals surface area contributed by atoms with Crippen LogP contribution < -0.4 is 9.47 Å². The van der Waals surface area contributed by atoms with E-state index in [1.165, 1.54) is 21.9 Å². The molecule has 3 aliphatic rings. The maximum atomic E-state index is 13.3. The lowest BCUT2D eigenvalue weighted by atomic mass is 9.83. The topological polar surface area (TPSA) is 98.1 Å². The largest absolute Gasteiger partial charge is 0.424 e. The minimum Gasteiger partial charge on any atom is -0.416 e. The Bertz CT molecular complexity index is 1070. The van der Waals surface area contributed by atoms with E-state index >= 15 is 0 Å². The van der Waals surface area contributed by atoms with Crippen molar-refractivity contribution in [3.8, 4) is 11.6 Å². The number of aromatic nitrogens is 1. The van der Waals surface area contributed by atoms with Crippen molar-refractivity contribution in [2.45, 2.75) is 37.8 Å². The van der Waals surface area contributed by atoms with E-state index < -0.39 is 18.0 Å². The number of benzene rings is 1. The molecule has 5 rings (SSSR count). The molecule has 3 heterocycles. The maximum absolute atomic E-state index is 13.3. The number of carbonyl (C=O) groups excluding carboxylic acids is 3. The molecule has 0 spiro atoms. The molecule has 1 aromatic carbocycles. The molecule has 162 valence electrons. The van der Waals surface area contributed by atoms with Gasteiger partial charge in [-0.05, 0) is 43.5 Å². The number of nitrogens with zero attached hydrogens (tertiary/aromatic N) is 2. The molecule has 0 amide bonds. The zero-order valence-electron chi connectivity index (χ0n) is 17.2. The van der Waals surface area contributed by atoms with E-state index in [1.807, 2.05) is 12.1 Å². The fraction of sp³-hybridized carbons (Fsp3) is 0.435. The van der Waals surface area contributed by atoms with Crippen LogP contribution in [-0.4, -0.2) is 57.5 Å². The molecule has 1 aliphatic carbocycles. The normalized spacial score (nSPS) is 24.2. The molecular formula is C23H24N2O6. The van der Waals surface area contributed by atoms with Crippen LogP contribution in [0.15, 0.2) is 30.5 Å². The molecule has 1 fully saturated rings. The molecule has 0 radical (unpaired) electrons. The Morgan fingerprint density at radius 3 is 2.39 bits per heavy atom. The molecule has 8 heteroatoms. The van der Waals surface area contributed by atoms with Crippen molar-refractivity contribution in [2.75, 3.05) is 13.1 Å². The highest BCUT2D eigenvalue weighted by atomic mass is 16.6. The van der Waals surface area contributed by atoms with Crippen LogP contribution in [0.2, 0.25) is 0 Å². The third kappa shape index (κ3) is 3.45. The van der Waals surface area contributed by atoms with Gasteiger partial charge in [0.05, 0.1) is 12.3 Å². The van der Waals surface area contributed by atoms with Gasteiger partial charge < -0.3 is 19.1 Å². The smallest absolute Gasteiger partial charge is 0.416 e. The summed E-state index contributed by atoms with van der Waals surface area (Å²) >= 11 is 0. The Hall–Kier alpha value is -2.97. The number of Topliss-reactive ketones (excluding diaryl/α,β-unsaturated/α-hetero) is 1. The second-order valence-corrected chi connectivity index (χ2v) is 8.55. The fourth-order valence-corrected chi connectivity index (χ4v) is 5.03. The monoisotopic (exact) mass is 424 g/mol. The number of ketones is 1. The number of hydrogen-bond donors (Lipinski definition) is 1. The highest BCUT2D eigenvalue weighted by Gasteiger charge is 2.39. The van der Waals surface area contributed by atoms with E-state index in [0.717, 1.165) is 6.42 Å². The van der Waals surface area contributed by atoms with Crippen LogP contribution in [0.3, 0.4) is 0 Å². The molecule has 2 unspecified atom stereocenters. The number of ether oxygens (including phenoxy) is 2. The van der Waals surface area contributed by atoms with Gasteiger partial charge in [0.15, 0.2) is 11.5 Å². The molecule has 0 saturated carbocycles. The number of esters is 2. The molecule has 1 N–H and O–H groups in total. The molecule has 2 bridgehead atoms. The summed E-state index contributed by atoms with van der Waals surface area (Å²) in [6.45, 7) is 1.38. The lowest BCUT2D eigenvalue weighted by Gasteiger charge is -2.41. The molecule has 2 atom stereocenters. The van der Waals surface area contributed by atoms with Crippen molar-refractivity contribution in [3.05, 3.63) is 47.2 Å². The third-order valence-electron chi connectivity index (χ3n) is 6.69. The van der Waals surface area contributed by atoms with Gasteiger partial charge in [0.1, 0.15) is 5.56 Å². The zero-order valence-corrected chi connectivity index (χ0v) is 17.2. The fourth-order valence-electron chi connectivity index (χ4n) is 5.03. The lowest BCUT2D eigenvalue weighted by molar-refractivity contribution is -0.156. The number of aliphatic hydroxyl groups is 1. The van der Waals surface area contributed by atoms with Gasteiger partial charge in [-0.1, -0.05) is 24.3 Å². The van der Waals surface area contributed by atoms with E-state index in [-0.39, 0.29) is 34.9 Å². The number of piperidine rings is 1. The first-order valence-electron chi connectivity index (χ1n) is 10.6. The van der Waals surface area contributed by atoms with Crippen LogP contribution in [-0.2, 0) is 29.5 Å². The highest BCUT2D eigenvalue weighted by Crippen LogP contribution is 2.37. The summed E-state index contributed by atoms with van der Waals surface area (Å²) < 4.78 is 11.6. The van der Waals surface area contributed by atoms with Crippen molar-refractivity contribution in [1.29, 1.82) is 0 Å². The number of likely N-dealkylation sites (tertiary alicyclic amines) is 1. The molecule has 1 saturated heterocycles. The molecular weight excluding hydrogens is 400 g/mol. The summed E-state index contributed by atoms with van der Waals surface area (Å²) in [5.74, 6) is -2.57. The van der Waals surface area contributed by atoms with Gasteiger partial charge in [-0.2, -0.15) is 0 Å². The predicted molar refractivity (Wildman–Crippen MR) is 109 cm³/mol. The van der Waals surface area contributed by atoms with Gasteiger partial charge in [-0.15, -0.1) is 0 Å². The van der Waals surface area contributed by atoms with E-state index in [4.69, 9.17) is 9.47 Å². The second-order valence-electron chi connectivity index (χ2n) is 8.55. The molecule has 1 aromatic heterocycles. The van der Waals surface area contributed by atoms with Gasteiger partial charge in [-0.25, -0.2) is 9.59 Å². The predicted octanol–water partition coefficient (Wildman–Crippen LogP) is 1.27. The second kappa shape index (κ2) is 7.62. The molecule has 8 nitrogen and oxygen atoms in total. The molecule has 2 aliphatic heterocycles. The Labute approximate surface area is 179 Å². The van der Waals surface area contributed by atoms with Crippen molar-refractivity contribution >= 4 is 17.7 Å². The van der Waals surface area contributed by atoms with Crippen molar-refractivity contribution in [3.63, 3.8) is 0 Å². The van der Waals surface area contributed by atoms with Gasteiger partial charge in [0, 0.05) is 25.4 Å². The Kier molecular flexibility index (Phi) is 4.91. The van der Waals surface area contributed by atoms with Crippen LogP contribution in [0.4, 0.5) is 0 Å². The first-order chi connectivity index (χ1) is 14.9. The first kappa shape index (κ1) is 20.0. The Morgan fingerprint density at radius 2 is 1.68 bits per heavy atom. The minimum atomic E-state index is -1.13. The van der Waals surface area contributed by atoms with Crippen LogP contribution in [0.25, 0.3) is 0 Å². The quantitative estimate of drug-likeness (QED) is 0.450. The van der Waals surface area contributed by atoms with Gasteiger partial charge in [0.25, 0.3) is 0 Å². The van der Waals surface area contributed by atoms with Crippen LogP contribution in [0.1, 0.15) is 34.3 Å². The van der Waals surface area contributed by atoms with Crippen LogP contribution in [0.5, 0.6) is 11.6 Å². The number of fused-ring (bicyclic) bond motifs is 3. The number of hydrogen-bond acceptors (Lipinski definition) is 7. The third-order valence-corrected chi connectivity index (χ3v) is 6.69. The van der Waals surface area contributed by atoms with E-state index in [0.29, 0.717) is 32.4 Å². The summed E-state index contributed by atoms with van der Waals surface area (Å²) in [6.07, 6.45) is 3.75. The average Bonchev–Trinajstić information content (AvgIpc) is 3.00. The van der Waals surface area contributed by atoms with Gasteiger partial charge >= 0.3 is 11.9 Å². The summed E-state index contributed by atoms with van der Waals surface area (Å²) in [7, 11) is 1.63. The number of aryl methyl sites for hydroxylation is 1. The first-order valence-corrected chi connectivity index (χ1v) is 10.6. The molecule has 2 aromatic rings. The summed E-state index contributed by atoms with van der Waals surface area (Å²) in [5, 5.41) is 10.7. The van der Waals surface area contributed by atoms with E-state index in [2.05, 4.69) is 17.0 Å². The maximum Gasteiger partial charge on any atom is 0.424 e. The number of rotatable bonds is 3. The Morgan fingerprint density at radius 1 is 1.03 bits per heavy atom. The molecule has 31 heavy (non-hydrogen) atoms. The minimum absolute atomic E-state index is 0.0396. The summed E-state index contributed by atoms with van der Waals surface area (Å²) in [6, 6.07) is 8.26.